The van der Waals surface area contributed by atoms with Crippen LogP contribution in [0.15, 0.2) is 51.5 Å². The number of hydrogen-bond donors (Lipinski definition) is 0. The molecule has 0 saturated heterocycles. The van der Waals surface area contributed by atoms with Crippen molar-refractivity contribution < 1.29 is 13.7 Å². The summed E-state index contributed by atoms with van der Waals surface area (Å²) < 4.78 is 25.5. The van der Waals surface area contributed by atoms with E-state index in [0.717, 1.165) is 15.8 Å². The van der Waals surface area contributed by atoms with Crippen LogP contribution in [0.3, 0.4) is 0 Å². The van der Waals surface area contributed by atoms with E-state index >= 15 is 0 Å². The van der Waals surface area contributed by atoms with Crippen molar-refractivity contribution in [3.63, 3.8) is 0 Å². The van der Waals surface area contributed by atoms with Crippen molar-refractivity contribution in [1.29, 1.82) is 0 Å². The highest BCUT2D eigenvalue weighted by atomic mass is 79.9. The lowest BCUT2D eigenvalue weighted by atomic mass is 10.2. The summed E-state index contributed by atoms with van der Waals surface area (Å²) >= 11 is 3.36. The molecular formula is C19H19BrFN3O2. The number of nitrogens with zero attached hydrogens (tertiary/aromatic N) is 3. The summed E-state index contributed by atoms with van der Waals surface area (Å²) in [4.78, 5) is 6.33. The maximum absolute atomic E-state index is 13.9. The van der Waals surface area contributed by atoms with Gasteiger partial charge >= 0.3 is 0 Å². The lowest BCUT2D eigenvalue weighted by Crippen LogP contribution is -2.18. The zero-order valence-corrected chi connectivity index (χ0v) is 16.2. The molecule has 26 heavy (non-hydrogen) atoms. The van der Waals surface area contributed by atoms with Crippen molar-refractivity contribution in [2.24, 2.45) is 0 Å². The second kappa shape index (κ2) is 8.42. The van der Waals surface area contributed by atoms with Crippen LogP contribution in [0.5, 0.6) is 5.75 Å². The Bertz CT molecular complexity index is 867. The molecule has 0 spiro atoms. The standard InChI is InChI=1S/C19H19BrFN3O2/c1-3-25-16-7-4-13(5-8-16)19-22-18(26-23-19)12-24(2)11-14-10-15(20)6-9-17(14)21/h4-10H,3,11-12H2,1-2H3. The van der Waals surface area contributed by atoms with Gasteiger partial charge in [0, 0.05) is 22.1 Å². The number of aromatic nitrogens is 2. The molecule has 0 bridgehead atoms. The normalized spacial score (nSPS) is 11.1. The van der Waals surface area contributed by atoms with Crippen molar-refractivity contribution in [2.75, 3.05) is 13.7 Å². The minimum Gasteiger partial charge on any atom is -0.494 e. The average Bonchev–Trinajstić information content (AvgIpc) is 3.07. The van der Waals surface area contributed by atoms with Gasteiger partial charge in [-0.1, -0.05) is 21.1 Å². The Balaban J connectivity index is 1.65. The highest BCUT2D eigenvalue weighted by Gasteiger charge is 2.13. The third-order valence-corrected chi connectivity index (χ3v) is 4.24. The Morgan fingerprint density at radius 1 is 1.15 bits per heavy atom. The molecule has 3 rings (SSSR count). The molecule has 0 aliphatic heterocycles. The second-order valence-corrected chi connectivity index (χ2v) is 6.79. The van der Waals surface area contributed by atoms with E-state index in [1.807, 2.05) is 43.1 Å². The van der Waals surface area contributed by atoms with Crippen LogP contribution < -0.4 is 4.74 Å². The van der Waals surface area contributed by atoms with Gasteiger partial charge in [-0.2, -0.15) is 4.98 Å². The molecule has 0 atom stereocenters. The van der Waals surface area contributed by atoms with E-state index < -0.39 is 0 Å². The molecule has 2 aromatic carbocycles. The van der Waals surface area contributed by atoms with Crippen LogP contribution in [0.1, 0.15) is 18.4 Å². The van der Waals surface area contributed by atoms with Gasteiger partial charge in [0.1, 0.15) is 11.6 Å². The highest BCUT2D eigenvalue weighted by molar-refractivity contribution is 9.10. The number of rotatable bonds is 7. The first-order chi connectivity index (χ1) is 12.5. The molecule has 0 amide bonds. The SMILES string of the molecule is CCOc1ccc(-c2noc(CN(C)Cc3cc(Br)ccc3F)n2)cc1. The minimum atomic E-state index is -0.236. The first-order valence-corrected chi connectivity index (χ1v) is 9.02. The monoisotopic (exact) mass is 419 g/mol. The van der Waals surface area contributed by atoms with E-state index in [1.165, 1.54) is 6.07 Å². The molecule has 3 aromatic rings. The van der Waals surface area contributed by atoms with Gasteiger partial charge < -0.3 is 9.26 Å². The number of ether oxygens (including phenoxy) is 1. The molecule has 5 nitrogen and oxygen atoms in total. The van der Waals surface area contributed by atoms with E-state index in [0.29, 0.717) is 37.0 Å². The molecule has 1 aromatic heterocycles. The quantitative estimate of drug-likeness (QED) is 0.556. The summed E-state index contributed by atoms with van der Waals surface area (Å²) in [5, 5.41) is 4.02. The Morgan fingerprint density at radius 2 is 1.92 bits per heavy atom. The predicted molar refractivity (Wildman–Crippen MR) is 100 cm³/mol. The fourth-order valence-electron chi connectivity index (χ4n) is 2.55. The highest BCUT2D eigenvalue weighted by Crippen LogP contribution is 2.21. The van der Waals surface area contributed by atoms with E-state index in [1.54, 1.807) is 12.1 Å². The predicted octanol–water partition coefficient (Wildman–Crippen LogP) is 4.67. The van der Waals surface area contributed by atoms with Gasteiger partial charge in [-0.25, -0.2) is 4.39 Å². The van der Waals surface area contributed by atoms with E-state index in [2.05, 4.69) is 26.1 Å². The van der Waals surface area contributed by atoms with Crippen LogP contribution in [0.2, 0.25) is 0 Å². The molecular weight excluding hydrogens is 401 g/mol. The summed E-state index contributed by atoms with van der Waals surface area (Å²) in [6, 6.07) is 12.4. The number of benzene rings is 2. The van der Waals surface area contributed by atoms with Gasteiger partial charge in [0.15, 0.2) is 0 Å². The van der Waals surface area contributed by atoms with Gasteiger partial charge in [0.25, 0.3) is 0 Å². The van der Waals surface area contributed by atoms with Gasteiger partial charge in [-0.15, -0.1) is 0 Å². The van der Waals surface area contributed by atoms with Crippen LogP contribution in [-0.2, 0) is 13.1 Å². The fraction of sp³-hybridized carbons (Fsp3) is 0.263. The third kappa shape index (κ3) is 4.68. The molecule has 0 radical (unpaired) electrons. The molecule has 0 aliphatic rings. The first kappa shape index (κ1) is 18.5. The van der Waals surface area contributed by atoms with Crippen LogP contribution in [-0.4, -0.2) is 28.7 Å². The Morgan fingerprint density at radius 3 is 2.65 bits per heavy atom. The zero-order valence-electron chi connectivity index (χ0n) is 14.6. The van der Waals surface area contributed by atoms with Crippen LogP contribution >= 0.6 is 15.9 Å². The molecule has 136 valence electrons. The lowest BCUT2D eigenvalue weighted by molar-refractivity contribution is 0.258. The summed E-state index contributed by atoms with van der Waals surface area (Å²) in [6.45, 7) is 3.43. The van der Waals surface area contributed by atoms with Crippen molar-refractivity contribution in [3.05, 3.63) is 64.2 Å². The summed E-state index contributed by atoms with van der Waals surface area (Å²) in [6.07, 6.45) is 0. The summed E-state index contributed by atoms with van der Waals surface area (Å²) in [7, 11) is 1.88. The zero-order chi connectivity index (χ0) is 18.5. The number of hydrogen-bond acceptors (Lipinski definition) is 5. The Kier molecular flexibility index (Phi) is 6.00. The van der Waals surface area contributed by atoms with E-state index in [4.69, 9.17) is 9.26 Å². The van der Waals surface area contributed by atoms with Gasteiger partial charge in [0.2, 0.25) is 11.7 Å². The van der Waals surface area contributed by atoms with Crippen LogP contribution in [0.4, 0.5) is 4.39 Å². The van der Waals surface area contributed by atoms with Crippen molar-refractivity contribution >= 4 is 15.9 Å². The van der Waals surface area contributed by atoms with Gasteiger partial charge in [-0.3, -0.25) is 4.90 Å². The molecule has 7 heteroatoms. The first-order valence-electron chi connectivity index (χ1n) is 8.23. The lowest BCUT2D eigenvalue weighted by Gasteiger charge is -2.14. The molecule has 0 aliphatic carbocycles. The topological polar surface area (TPSA) is 51.4 Å². The van der Waals surface area contributed by atoms with Crippen LogP contribution in [0.25, 0.3) is 11.4 Å². The largest absolute Gasteiger partial charge is 0.494 e. The van der Waals surface area contributed by atoms with Gasteiger partial charge in [-0.05, 0) is 56.4 Å². The van der Waals surface area contributed by atoms with E-state index in [9.17, 15) is 4.39 Å². The van der Waals surface area contributed by atoms with Crippen molar-refractivity contribution in [3.8, 4) is 17.1 Å². The summed E-state index contributed by atoms with van der Waals surface area (Å²) in [5.74, 6) is 1.56. The third-order valence-electron chi connectivity index (χ3n) is 3.74. The van der Waals surface area contributed by atoms with E-state index in [-0.39, 0.29) is 5.82 Å². The second-order valence-electron chi connectivity index (χ2n) is 5.88. The molecule has 0 unspecified atom stereocenters. The smallest absolute Gasteiger partial charge is 0.241 e. The Labute approximate surface area is 159 Å². The van der Waals surface area contributed by atoms with Crippen LogP contribution in [0, 0.1) is 5.82 Å². The van der Waals surface area contributed by atoms with Gasteiger partial charge in [0.05, 0.1) is 13.2 Å². The number of halogens is 2. The molecule has 0 saturated carbocycles. The van der Waals surface area contributed by atoms with Crippen molar-refractivity contribution in [2.45, 2.75) is 20.0 Å². The molecule has 0 N–H and O–H groups in total. The average molecular weight is 420 g/mol. The van der Waals surface area contributed by atoms with Crippen molar-refractivity contribution in [1.82, 2.24) is 15.0 Å². The minimum absolute atomic E-state index is 0.236. The fourth-order valence-corrected chi connectivity index (χ4v) is 2.95. The molecule has 1 heterocycles. The maximum atomic E-state index is 13.9. The molecule has 0 fully saturated rings. The maximum Gasteiger partial charge on any atom is 0.241 e. The summed E-state index contributed by atoms with van der Waals surface area (Å²) in [5.41, 5.74) is 1.46. The Hall–Kier alpha value is -2.25.